The highest BCUT2D eigenvalue weighted by Crippen LogP contribution is 2.49. The maximum absolute atomic E-state index is 14.5. The van der Waals surface area contributed by atoms with E-state index in [1.807, 2.05) is 63.0 Å². The molecule has 0 saturated carbocycles. The Morgan fingerprint density at radius 2 is 1.56 bits per heavy atom. The zero-order valence-corrected chi connectivity index (χ0v) is 53.0. The number of carbonyl (C=O) groups is 2. The van der Waals surface area contributed by atoms with Crippen molar-refractivity contribution in [2.45, 2.75) is 142 Å². The van der Waals surface area contributed by atoms with Gasteiger partial charge in [-0.15, -0.1) is 11.3 Å². The van der Waals surface area contributed by atoms with E-state index in [4.69, 9.17) is 49.7 Å². The van der Waals surface area contributed by atoms with Crippen molar-refractivity contribution >= 4 is 71.5 Å². The Morgan fingerprint density at radius 3 is 2.22 bits per heavy atom. The van der Waals surface area contributed by atoms with Crippen molar-refractivity contribution in [1.82, 2.24) is 24.7 Å². The number of aromatic nitrogens is 4. The molecule has 1 N–H and O–H groups in total. The van der Waals surface area contributed by atoms with Gasteiger partial charge in [-0.1, -0.05) is 101 Å². The first-order chi connectivity index (χ1) is 38.0. The Labute approximate surface area is 486 Å². The molecular weight excluding hydrogens is 1130 g/mol. The summed E-state index contributed by atoms with van der Waals surface area (Å²) in [6.45, 7) is 26.1. The number of hydrogen-bond donors (Lipinski definition) is 1. The largest absolute Gasteiger partial charge is 0.496 e. The van der Waals surface area contributed by atoms with Gasteiger partial charge in [0.2, 0.25) is 22.0 Å². The second kappa shape index (κ2) is 25.6. The third-order valence-corrected chi connectivity index (χ3v) is 22.8. The van der Waals surface area contributed by atoms with Crippen molar-refractivity contribution < 1.29 is 50.5 Å². The van der Waals surface area contributed by atoms with Crippen LogP contribution in [0.15, 0.2) is 97.5 Å². The standard InChI is InChI=1S/C60H73ClFN5O10S2Si2/c1-15-73-58(69)49(76-55-51-50(53(78-56(51)65-36-64-55)39-21-24-42(62)25-22-39)44-26-23-40(52(61)37(44)2)32-75-81(13,14)60(6,7)8)31-41-30-38(34-79(70,71)67-46(35-80(10,11)12)57(68)77-59(3,4)5)20-27-47(41)74-33-43-28-29-63-54(66-43)45-18-16-17-19-48(45)72-9/h16-30,36,46,49,67H,15,31-35H2,1-14H3. The number of sulfonamides is 1. The number of methoxy groups -OCH3 is 1. The molecule has 3 aromatic heterocycles. The zero-order chi connectivity index (χ0) is 59.2. The minimum Gasteiger partial charge on any atom is -0.496 e. The van der Waals surface area contributed by atoms with Crippen LogP contribution in [0.3, 0.4) is 0 Å². The summed E-state index contributed by atoms with van der Waals surface area (Å²) in [7, 11) is -6.82. The Balaban J connectivity index is 1.32. The maximum Gasteiger partial charge on any atom is 0.347 e. The van der Waals surface area contributed by atoms with Gasteiger partial charge in [0, 0.05) is 36.2 Å². The van der Waals surface area contributed by atoms with Crippen LogP contribution >= 0.6 is 22.9 Å². The van der Waals surface area contributed by atoms with E-state index in [2.05, 4.69) is 48.6 Å². The number of ether oxygens (including phenoxy) is 5. The van der Waals surface area contributed by atoms with E-state index < -0.39 is 67.7 Å². The molecule has 2 atom stereocenters. The molecule has 7 aromatic rings. The number of hydrogen-bond acceptors (Lipinski definition) is 15. The van der Waals surface area contributed by atoms with Crippen molar-refractivity contribution in [3.05, 3.63) is 136 Å². The van der Waals surface area contributed by atoms with Crippen LogP contribution in [-0.2, 0) is 58.9 Å². The second-order valence-electron chi connectivity index (χ2n) is 23.5. The first-order valence-corrected chi connectivity index (χ1v) is 36.1. The van der Waals surface area contributed by atoms with Crippen molar-refractivity contribution in [2.24, 2.45) is 0 Å². The Bertz CT molecular complexity index is 3510. The summed E-state index contributed by atoms with van der Waals surface area (Å²) in [5, 5.41) is 0.956. The number of nitrogens with zero attached hydrogens (tertiary/aromatic N) is 4. The van der Waals surface area contributed by atoms with Crippen LogP contribution in [0.4, 0.5) is 4.39 Å². The first kappa shape index (κ1) is 62.5. The molecule has 0 saturated heterocycles. The summed E-state index contributed by atoms with van der Waals surface area (Å²) in [6.07, 6.45) is 1.35. The fourth-order valence-electron chi connectivity index (χ4n) is 8.65. The third kappa shape index (κ3) is 16.1. The SMILES string of the molecule is CCOC(=O)C(Cc1cc(CS(=O)(=O)NC(C[Si](C)(C)C)C(=O)OC(C)(C)C)ccc1OCc1ccnc(-c2ccccc2OC)n1)Oc1ncnc2sc(-c3ccc(F)cc3)c(-c3ccc(CO[Si](C)(C)C(C)(C)C)c(Cl)c3C)c12. The molecule has 3 heterocycles. The monoisotopic (exact) mass is 1200 g/mol. The van der Waals surface area contributed by atoms with Gasteiger partial charge in [0.1, 0.15) is 46.7 Å². The number of carbonyl (C=O) groups excluding carboxylic acids is 2. The number of fused-ring (bicyclic) bond motifs is 1. The lowest BCUT2D eigenvalue weighted by Gasteiger charge is -2.36. The smallest absolute Gasteiger partial charge is 0.347 e. The fraction of sp³-hybridized carbons (Fsp3) is 0.400. The van der Waals surface area contributed by atoms with Gasteiger partial charge in [0.15, 0.2) is 14.1 Å². The summed E-state index contributed by atoms with van der Waals surface area (Å²) in [6, 6.07) is 23.2. The summed E-state index contributed by atoms with van der Waals surface area (Å²) in [4.78, 5) is 47.8. The fourth-order valence-corrected chi connectivity index (χ4v) is 13.9. The van der Waals surface area contributed by atoms with Gasteiger partial charge in [-0.3, -0.25) is 4.79 Å². The van der Waals surface area contributed by atoms with Crippen molar-refractivity contribution in [1.29, 1.82) is 0 Å². The van der Waals surface area contributed by atoms with Crippen LogP contribution in [0.5, 0.6) is 17.4 Å². The number of esters is 2. The molecule has 0 aliphatic heterocycles. The minimum atomic E-state index is -4.21. The minimum absolute atomic E-state index is 0.00523. The molecule has 0 radical (unpaired) electrons. The number of nitrogens with one attached hydrogen (secondary N) is 1. The molecule has 15 nitrogen and oxygen atoms in total. The molecule has 432 valence electrons. The molecule has 4 aromatic carbocycles. The van der Waals surface area contributed by atoms with E-state index in [-0.39, 0.29) is 36.3 Å². The Kier molecular flexibility index (Phi) is 19.7. The number of rotatable bonds is 23. The van der Waals surface area contributed by atoms with Gasteiger partial charge in [-0.05, 0) is 129 Å². The average molecular weight is 1200 g/mol. The lowest BCUT2D eigenvalue weighted by atomic mass is 9.94. The third-order valence-electron chi connectivity index (χ3n) is 13.6. The molecule has 0 amide bonds. The molecule has 0 spiro atoms. The second-order valence-corrected chi connectivity index (χ2v) is 37.0. The van der Waals surface area contributed by atoms with Crippen LogP contribution in [0.2, 0.25) is 48.8 Å². The van der Waals surface area contributed by atoms with Crippen molar-refractivity contribution in [3.63, 3.8) is 0 Å². The quantitative estimate of drug-likeness (QED) is 0.0471. The first-order valence-electron chi connectivity index (χ1n) is 26.7. The van der Waals surface area contributed by atoms with Crippen LogP contribution in [0, 0.1) is 12.7 Å². The molecular formula is C60H73ClFN5O10S2Si2. The van der Waals surface area contributed by atoms with Crippen molar-refractivity contribution in [2.75, 3.05) is 13.7 Å². The van der Waals surface area contributed by atoms with Crippen LogP contribution in [-0.4, -0.2) is 88.1 Å². The highest BCUT2D eigenvalue weighted by atomic mass is 35.5. The van der Waals surface area contributed by atoms with Crippen LogP contribution < -0.4 is 18.9 Å². The number of halogens is 2. The predicted octanol–water partition coefficient (Wildman–Crippen LogP) is 13.7. The summed E-state index contributed by atoms with van der Waals surface area (Å²) < 4.78 is 82.4. The highest BCUT2D eigenvalue weighted by Gasteiger charge is 2.38. The lowest BCUT2D eigenvalue weighted by Crippen LogP contribution is -2.47. The van der Waals surface area contributed by atoms with Gasteiger partial charge in [-0.2, -0.15) is 0 Å². The molecule has 81 heavy (non-hydrogen) atoms. The molecule has 0 fully saturated rings. The number of benzene rings is 4. The van der Waals surface area contributed by atoms with E-state index in [1.54, 1.807) is 77.4 Å². The summed E-state index contributed by atoms with van der Waals surface area (Å²) in [5.41, 5.74) is 4.67. The topological polar surface area (TPSA) is 187 Å². The maximum atomic E-state index is 14.5. The molecule has 7 rings (SSSR count). The van der Waals surface area contributed by atoms with Gasteiger partial charge in [-0.25, -0.2) is 42.3 Å². The molecule has 0 aliphatic carbocycles. The van der Waals surface area contributed by atoms with Crippen LogP contribution in [0.25, 0.3) is 43.2 Å². The molecule has 0 bridgehead atoms. The van der Waals surface area contributed by atoms with E-state index in [0.29, 0.717) is 73.0 Å². The van der Waals surface area contributed by atoms with E-state index in [1.165, 1.54) is 29.8 Å². The van der Waals surface area contributed by atoms with E-state index >= 15 is 0 Å². The Morgan fingerprint density at radius 1 is 0.840 bits per heavy atom. The van der Waals surface area contributed by atoms with E-state index in [9.17, 15) is 22.4 Å². The lowest BCUT2D eigenvalue weighted by molar-refractivity contribution is -0.156. The van der Waals surface area contributed by atoms with Gasteiger partial charge < -0.3 is 28.1 Å². The molecule has 21 heteroatoms. The van der Waals surface area contributed by atoms with Gasteiger partial charge >= 0.3 is 11.9 Å². The van der Waals surface area contributed by atoms with E-state index in [0.717, 1.165) is 21.6 Å². The average Bonchev–Trinajstić information content (AvgIpc) is 4.06. The van der Waals surface area contributed by atoms with Crippen molar-refractivity contribution in [3.8, 4) is 50.3 Å². The summed E-state index contributed by atoms with van der Waals surface area (Å²) in [5.74, 6) is -1.01. The normalized spacial score (nSPS) is 13.2. The predicted molar refractivity (Wildman–Crippen MR) is 323 cm³/mol. The Hall–Kier alpha value is -6.14. The molecule has 0 aliphatic rings. The zero-order valence-electron chi connectivity index (χ0n) is 48.6. The van der Waals surface area contributed by atoms with Gasteiger partial charge in [0.25, 0.3) is 0 Å². The molecule has 2 unspecified atom stereocenters. The number of thiophene rings is 1. The summed E-state index contributed by atoms with van der Waals surface area (Å²) >= 11 is 8.61. The highest BCUT2D eigenvalue weighted by molar-refractivity contribution is 7.88. The van der Waals surface area contributed by atoms with Gasteiger partial charge in [0.05, 0.1) is 42.7 Å². The van der Waals surface area contributed by atoms with Crippen LogP contribution in [0.1, 0.15) is 76.4 Å². The number of para-hydroxylation sites is 1.